The maximum absolute atomic E-state index is 13.0. The van der Waals surface area contributed by atoms with Crippen LogP contribution in [-0.2, 0) is 16.6 Å². The van der Waals surface area contributed by atoms with Gasteiger partial charge in [0.15, 0.2) is 5.76 Å². The Balaban J connectivity index is 1.90. The highest BCUT2D eigenvalue weighted by Gasteiger charge is 2.26. The van der Waals surface area contributed by atoms with Gasteiger partial charge in [0, 0.05) is 11.6 Å². The fourth-order valence-electron chi connectivity index (χ4n) is 2.54. The Kier molecular flexibility index (Phi) is 5.50. The molecule has 0 saturated carbocycles. The molecule has 26 heavy (non-hydrogen) atoms. The molecule has 3 rings (SSSR count). The average molecular weight is 395 g/mol. The molecule has 8 heteroatoms. The van der Waals surface area contributed by atoms with Gasteiger partial charge in [0.2, 0.25) is 10.0 Å². The lowest BCUT2D eigenvalue weighted by molar-refractivity contribution is 0.399. The van der Waals surface area contributed by atoms with Crippen molar-refractivity contribution in [3.05, 3.63) is 59.1 Å². The predicted octanol–water partition coefficient (Wildman–Crippen LogP) is 4.50. The Morgan fingerprint density at radius 3 is 2.54 bits per heavy atom. The second kappa shape index (κ2) is 7.65. The molecular formula is C18H19ClN2O4S. The topological polar surface area (TPSA) is 76.6 Å². The van der Waals surface area contributed by atoms with Crippen LogP contribution in [0, 0.1) is 6.92 Å². The van der Waals surface area contributed by atoms with Crippen molar-refractivity contribution in [2.75, 3.05) is 6.54 Å². The first-order valence-electron chi connectivity index (χ1n) is 8.17. The first-order chi connectivity index (χ1) is 12.4. The van der Waals surface area contributed by atoms with Crippen LogP contribution in [0.2, 0.25) is 5.02 Å². The van der Waals surface area contributed by atoms with Crippen molar-refractivity contribution in [1.29, 1.82) is 0 Å². The summed E-state index contributed by atoms with van der Waals surface area (Å²) >= 11 is 5.86. The molecule has 0 aliphatic heterocycles. The zero-order chi connectivity index (χ0) is 18.7. The smallest absolute Gasteiger partial charge is 0.263 e. The van der Waals surface area contributed by atoms with Crippen molar-refractivity contribution in [3.8, 4) is 11.7 Å². The van der Waals surface area contributed by atoms with E-state index in [2.05, 4.69) is 4.98 Å². The third kappa shape index (κ3) is 3.85. The molecular weight excluding hydrogens is 376 g/mol. The number of sulfonamides is 1. The number of hydrogen-bond donors (Lipinski definition) is 0. The number of rotatable bonds is 7. The first-order valence-corrected chi connectivity index (χ1v) is 9.99. The lowest BCUT2D eigenvalue weighted by Gasteiger charge is -2.21. The lowest BCUT2D eigenvalue weighted by Crippen LogP contribution is -2.31. The van der Waals surface area contributed by atoms with Crippen molar-refractivity contribution in [1.82, 2.24) is 9.29 Å². The molecule has 0 saturated heterocycles. The fourth-order valence-corrected chi connectivity index (χ4v) is 4.16. The standard InChI is InChI=1S/C18H19ClN2O4S/c1-3-10-21(26(22,23)15-8-6-14(19)7-9-15)12-16-13(2)25-18(20-16)17-5-4-11-24-17/h4-9,11H,3,10,12H2,1-2H3. The van der Waals surface area contributed by atoms with Gasteiger partial charge in [-0.1, -0.05) is 18.5 Å². The molecule has 1 aromatic carbocycles. The number of nitrogens with zero attached hydrogens (tertiary/aromatic N) is 2. The average Bonchev–Trinajstić information content (AvgIpc) is 3.25. The third-order valence-electron chi connectivity index (χ3n) is 3.88. The molecule has 0 unspecified atom stereocenters. The van der Waals surface area contributed by atoms with Crippen LogP contribution in [0.5, 0.6) is 0 Å². The van der Waals surface area contributed by atoms with Crippen LogP contribution < -0.4 is 0 Å². The van der Waals surface area contributed by atoms with Gasteiger partial charge in [-0.15, -0.1) is 0 Å². The molecule has 138 valence electrons. The molecule has 0 aliphatic carbocycles. The molecule has 0 aliphatic rings. The van der Waals surface area contributed by atoms with E-state index in [4.69, 9.17) is 20.4 Å². The molecule has 0 N–H and O–H groups in total. The number of halogens is 1. The Morgan fingerprint density at radius 2 is 1.92 bits per heavy atom. The van der Waals surface area contributed by atoms with Gasteiger partial charge in [0.05, 0.1) is 23.4 Å². The Hall–Kier alpha value is -2.09. The Morgan fingerprint density at radius 1 is 1.19 bits per heavy atom. The second-order valence-corrected chi connectivity index (χ2v) is 8.17. The van der Waals surface area contributed by atoms with Crippen LogP contribution in [0.1, 0.15) is 24.8 Å². The van der Waals surface area contributed by atoms with Crippen LogP contribution >= 0.6 is 11.6 Å². The summed E-state index contributed by atoms with van der Waals surface area (Å²) in [5, 5.41) is 0.487. The number of aromatic nitrogens is 1. The quantitative estimate of drug-likeness (QED) is 0.589. The predicted molar refractivity (Wildman–Crippen MR) is 98.3 cm³/mol. The van der Waals surface area contributed by atoms with Crippen molar-refractivity contribution in [2.45, 2.75) is 31.7 Å². The van der Waals surface area contributed by atoms with Crippen molar-refractivity contribution >= 4 is 21.6 Å². The van der Waals surface area contributed by atoms with Crippen molar-refractivity contribution in [3.63, 3.8) is 0 Å². The maximum Gasteiger partial charge on any atom is 0.263 e. The van der Waals surface area contributed by atoms with Crippen LogP contribution in [-0.4, -0.2) is 24.3 Å². The second-order valence-electron chi connectivity index (χ2n) is 5.79. The lowest BCUT2D eigenvalue weighted by atomic mass is 10.3. The fraction of sp³-hybridized carbons (Fsp3) is 0.278. The normalized spacial score (nSPS) is 12.0. The highest BCUT2D eigenvalue weighted by Crippen LogP contribution is 2.25. The third-order valence-corrected chi connectivity index (χ3v) is 5.99. The van der Waals surface area contributed by atoms with Gasteiger partial charge >= 0.3 is 0 Å². The van der Waals surface area contributed by atoms with E-state index in [1.54, 1.807) is 31.2 Å². The molecule has 6 nitrogen and oxygen atoms in total. The summed E-state index contributed by atoms with van der Waals surface area (Å²) in [5.41, 5.74) is 0.558. The van der Waals surface area contributed by atoms with E-state index in [0.717, 1.165) is 0 Å². The molecule has 2 heterocycles. The van der Waals surface area contributed by atoms with E-state index in [1.165, 1.54) is 22.7 Å². The van der Waals surface area contributed by atoms with Crippen molar-refractivity contribution in [2.24, 2.45) is 0 Å². The van der Waals surface area contributed by atoms with Gasteiger partial charge in [-0.2, -0.15) is 4.31 Å². The molecule has 0 amide bonds. The van der Waals surface area contributed by atoms with E-state index in [-0.39, 0.29) is 11.4 Å². The molecule has 2 aromatic heterocycles. The number of benzene rings is 1. The Bertz CT molecular complexity index is 963. The summed E-state index contributed by atoms with van der Waals surface area (Å²) in [5.74, 6) is 1.40. The van der Waals surface area contributed by atoms with Crippen LogP contribution in [0.25, 0.3) is 11.7 Å². The molecule has 0 bridgehead atoms. The summed E-state index contributed by atoms with van der Waals surface area (Å²) in [6.07, 6.45) is 2.21. The van der Waals surface area contributed by atoms with Gasteiger partial charge in [0.25, 0.3) is 5.89 Å². The van der Waals surface area contributed by atoms with E-state index < -0.39 is 10.0 Å². The summed E-state index contributed by atoms with van der Waals surface area (Å²) in [6.45, 7) is 4.17. The Labute approximate surface area is 157 Å². The summed E-state index contributed by atoms with van der Waals surface area (Å²) < 4.78 is 38.3. The zero-order valence-corrected chi connectivity index (χ0v) is 16.0. The van der Waals surface area contributed by atoms with Crippen LogP contribution in [0.4, 0.5) is 0 Å². The monoisotopic (exact) mass is 394 g/mol. The molecule has 0 spiro atoms. The van der Waals surface area contributed by atoms with Crippen LogP contribution in [0.15, 0.2) is 56.4 Å². The number of oxazole rings is 1. The van der Waals surface area contributed by atoms with E-state index in [9.17, 15) is 8.42 Å². The van der Waals surface area contributed by atoms with Gasteiger partial charge in [0.1, 0.15) is 5.76 Å². The minimum Gasteiger partial charge on any atom is -0.459 e. The molecule has 0 radical (unpaired) electrons. The van der Waals surface area contributed by atoms with Gasteiger partial charge in [-0.3, -0.25) is 0 Å². The number of furan rings is 1. The van der Waals surface area contributed by atoms with E-state index in [1.807, 2.05) is 6.92 Å². The molecule has 0 atom stereocenters. The minimum atomic E-state index is -3.67. The van der Waals surface area contributed by atoms with Gasteiger partial charge in [-0.25, -0.2) is 13.4 Å². The minimum absolute atomic E-state index is 0.120. The van der Waals surface area contributed by atoms with E-state index >= 15 is 0 Å². The highest BCUT2D eigenvalue weighted by atomic mass is 35.5. The van der Waals surface area contributed by atoms with Gasteiger partial charge < -0.3 is 8.83 Å². The van der Waals surface area contributed by atoms with Gasteiger partial charge in [-0.05, 0) is 49.7 Å². The number of hydrogen-bond acceptors (Lipinski definition) is 5. The largest absolute Gasteiger partial charge is 0.459 e. The van der Waals surface area contributed by atoms with E-state index in [0.29, 0.717) is 41.1 Å². The summed E-state index contributed by atoms with van der Waals surface area (Å²) in [7, 11) is -3.67. The summed E-state index contributed by atoms with van der Waals surface area (Å²) in [4.78, 5) is 4.60. The molecule has 3 aromatic rings. The zero-order valence-electron chi connectivity index (χ0n) is 14.5. The van der Waals surface area contributed by atoms with Crippen LogP contribution in [0.3, 0.4) is 0 Å². The first kappa shape index (κ1) is 18.7. The maximum atomic E-state index is 13.0. The summed E-state index contributed by atoms with van der Waals surface area (Å²) in [6, 6.07) is 9.62. The molecule has 0 fully saturated rings. The van der Waals surface area contributed by atoms with Crippen molar-refractivity contribution < 1.29 is 17.3 Å². The number of aryl methyl sites for hydroxylation is 1. The SMILES string of the molecule is CCCN(Cc1nc(-c2ccco2)oc1C)S(=O)(=O)c1ccc(Cl)cc1. The highest BCUT2D eigenvalue weighted by molar-refractivity contribution is 7.89.